The zero-order chi connectivity index (χ0) is 18.9. The second-order valence-electron chi connectivity index (χ2n) is 7.50. The van der Waals surface area contributed by atoms with Crippen molar-refractivity contribution in [3.05, 3.63) is 36.0 Å². The largest absolute Gasteiger partial charge is 0.444 e. The van der Waals surface area contributed by atoms with Crippen molar-refractivity contribution < 1.29 is 14.3 Å². The van der Waals surface area contributed by atoms with Crippen LogP contribution < -0.4 is 11.1 Å². The Morgan fingerprint density at radius 1 is 1.38 bits per heavy atom. The highest BCUT2D eigenvalue weighted by molar-refractivity contribution is 5.90. The number of amides is 2. The number of fused-ring (bicyclic) bond motifs is 1. The molecule has 1 atom stereocenters. The molecule has 1 aliphatic heterocycles. The molecule has 1 saturated heterocycles. The number of alkyl carbamates (subject to hydrolysis) is 1. The van der Waals surface area contributed by atoms with Gasteiger partial charge in [0.2, 0.25) is 5.91 Å². The second-order valence-corrected chi connectivity index (χ2v) is 7.50. The average molecular weight is 356 g/mol. The molecule has 0 bridgehead atoms. The molecule has 1 fully saturated rings. The number of aromatic nitrogens is 1. The summed E-state index contributed by atoms with van der Waals surface area (Å²) in [6.45, 7) is 6.42. The number of ether oxygens (including phenoxy) is 1. The number of nitrogen functional groups attached to an aromatic ring is 1. The minimum absolute atomic E-state index is 0.100. The van der Waals surface area contributed by atoms with E-state index >= 15 is 0 Å². The first kappa shape index (κ1) is 18.0. The molecule has 0 saturated carbocycles. The van der Waals surface area contributed by atoms with Crippen molar-refractivity contribution >= 4 is 28.6 Å². The number of carbonyl (C=O) groups is 2. The predicted octanol–water partition coefficient (Wildman–Crippen LogP) is 2.44. The molecule has 7 nitrogen and oxygen atoms in total. The summed E-state index contributed by atoms with van der Waals surface area (Å²) >= 11 is 0. The molecule has 3 rings (SSSR count). The standard InChI is InChI=1S/C19H24N4O3/c1-19(2,3)26-18(25)22-15-7-9-23(17(15)24)11-12-4-5-13-14(20)6-8-21-16(13)10-12/h4-6,8,10,15H,7,9,11H2,1-3H3,(H2,20,21)(H,22,25)/t15-/m0/s1. The zero-order valence-corrected chi connectivity index (χ0v) is 15.3. The van der Waals surface area contributed by atoms with E-state index in [1.807, 2.05) is 18.2 Å². The number of anilines is 1. The molecule has 2 heterocycles. The van der Waals surface area contributed by atoms with Crippen molar-refractivity contribution in [3.8, 4) is 0 Å². The lowest BCUT2D eigenvalue weighted by Crippen LogP contribution is -2.43. The van der Waals surface area contributed by atoms with E-state index in [1.165, 1.54) is 0 Å². The highest BCUT2D eigenvalue weighted by Gasteiger charge is 2.33. The number of benzene rings is 1. The lowest BCUT2D eigenvalue weighted by molar-refractivity contribution is -0.129. The van der Waals surface area contributed by atoms with Crippen LogP contribution in [0.4, 0.5) is 10.5 Å². The van der Waals surface area contributed by atoms with Crippen LogP contribution in [0.5, 0.6) is 0 Å². The second kappa shape index (κ2) is 6.82. The van der Waals surface area contributed by atoms with Crippen molar-refractivity contribution in [1.82, 2.24) is 15.2 Å². The number of hydrogen-bond acceptors (Lipinski definition) is 5. The molecule has 1 aliphatic rings. The van der Waals surface area contributed by atoms with E-state index in [9.17, 15) is 9.59 Å². The van der Waals surface area contributed by atoms with Crippen LogP contribution in [0.25, 0.3) is 10.9 Å². The Morgan fingerprint density at radius 3 is 2.88 bits per heavy atom. The molecule has 3 N–H and O–H groups in total. The SMILES string of the molecule is CC(C)(C)OC(=O)N[C@H]1CCN(Cc2ccc3c(N)ccnc3c2)C1=O. The third kappa shape index (κ3) is 4.04. The molecule has 0 spiro atoms. The van der Waals surface area contributed by atoms with Crippen LogP contribution in [0, 0.1) is 0 Å². The number of nitrogens with one attached hydrogen (secondary N) is 1. The zero-order valence-electron chi connectivity index (χ0n) is 15.3. The van der Waals surface area contributed by atoms with Gasteiger partial charge in [-0.05, 0) is 44.9 Å². The minimum atomic E-state index is -0.592. The highest BCUT2D eigenvalue weighted by atomic mass is 16.6. The van der Waals surface area contributed by atoms with Crippen LogP contribution in [0.3, 0.4) is 0 Å². The Balaban J connectivity index is 1.65. The summed E-state index contributed by atoms with van der Waals surface area (Å²) in [5, 5.41) is 3.55. The smallest absolute Gasteiger partial charge is 0.408 e. The third-order valence-electron chi connectivity index (χ3n) is 4.20. The van der Waals surface area contributed by atoms with Crippen LogP contribution >= 0.6 is 0 Å². The summed E-state index contributed by atoms with van der Waals surface area (Å²) < 4.78 is 5.22. The predicted molar refractivity (Wildman–Crippen MR) is 99.3 cm³/mol. The van der Waals surface area contributed by atoms with Gasteiger partial charge in [0.1, 0.15) is 11.6 Å². The molecule has 2 amide bonds. The molecule has 7 heteroatoms. The Morgan fingerprint density at radius 2 is 2.15 bits per heavy atom. The van der Waals surface area contributed by atoms with Gasteiger partial charge < -0.3 is 20.7 Å². The number of pyridine rings is 1. The molecular formula is C19H24N4O3. The van der Waals surface area contributed by atoms with Crippen molar-refractivity contribution in [2.24, 2.45) is 0 Å². The fourth-order valence-electron chi connectivity index (χ4n) is 3.01. The molecule has 1 aromatic heterocycles. The fourth-order valence-corrected chi connectivity index (χ4v) is 3.01. The first-order chi connectivity index (χ1) is 12.2. The third-order valence-corrected chi connectivity index (χ3v) is 4.20. The lowest BCUT2D eigenvalue weighted by atomic mass is 10.1. The van der Waals surface area contributed by atoms with Gasteiger partial charge in [-0.25, -0.2) is 4.79 Å². The molecule has 138 valence electrons. The van der Waals surface area contributed by atoms with Crippen LogP contribution in [-0.2, 0) is 16.1 Å². The van der Waals surface area contributed by atoms with Gasteiger partial charge in [0.05, 0.1) is 5.52 Å². The molecule has 0 unspecified atom stereocenters. The van der Waals surface area contributed by atoms with Crippen LogP contribution in [-0.4, -0.2) is 40.1 Å². The van der Waals surface area contributed by atoms with Gasteiger partial charge in [-0.15, -0.1) is 0 Å². The van der Waals surface area contributed by atoms with Gasteiger partial charge in [0.15, 0.2) is 0 Å². The lowest BCUT2D eigenvalue weighted by Gasteiger charge is -2.21. The molecule has 0 radical (unpaired) electrons. The first-order valence-corrected chi connectivity index (χ1v) is 8.64. The highest BCUT2D eigenvalue weighted by Crippen LogP contribution is 2.22. The number of nitrogens with zero attached hydrogens (tertiary/aromatic N) is 2. The minimum Gasteiger partial charge on any atom is -0.444 e. The maximum atomic E-state index is 12.5. The van der Waals surface area contributed by atoms with Crippen LogP contribution in [0.1, 0.15) is 32.8 Å². The van der Waals surface area contributed by atoms with E-state index < -0.39 is 17.7 Å². The van der Waals surface area contributed by atoms with Crippen molar-refractivity contribution in [3.63, 3.8) is 0 Å². The van der Waals surface area contributed by atoms with Gasteiger partial charge in [0.25, 0.3) is 0 Å². The van der Waals surface area contributed by atoms with Gasteiger partial charge in [-0.1, -0.05) is 12.1 Å². The van der Waals surface area contributed by atoms with E-state index in [4.69, 9.17) is 10.5 Å². The first-order valence-electron chi connectivity index (χ1n) is 8.64. The summed E-state index contributed by atoms with van der Waals surface area (Å²) in [4.78, 5) is 30.5. The molecule has 0 aliphatic carbocycles. The molecule has 2 aromatic rings. The molecule has 26 heavy (non-hydrogen) atoms. The Labute approximate surface area is 152 Å². The Kier molecular flexibility index (Phi) is 4.71. The number of hydrogen-bond donors (Lipinski definition) is 2. The monoisotopic (exact) mass is 356 g/mol. The number of likely N-dealkylation sites (tertiary alicyclic amines) is 1. The summed E-state index contributed by atoms with van der Waals surface area (Å²) in [6.07, 6.45) is 1.67. The van der Waals surface area contributed by atoms with E-state index in [1.54, 1.807) is 37.9 Å². The van der Waals surface area contributed by atoms with E-state index in [0.717, 1.165) is 16.5 Å². The van der Waals surface area contributed by atoms with E-state index in [2.05, 4.69) is 10.3 Å². The Bertz CT molecular complexity index is 844. The summed E-state index contributed by atoms with van der Waals surface area (Å²) in [5.41, 5.74) is 7.81. The summed E-state index contributed by atoms with van der Waals surface area (Å²) in [7, 11) is 0. The fraction of sp³-hybridized carbons (Fsp3) is 0.421. The van der Waals surface area contributed by atoms with Crippen molar-refractivity contribution in [2.45, 2.75) is 45.4 Å². The maximum absolute atomic E-state index is 12.5. The number of carbonyl (C=O) groups excluding carboxylic acids is 2. The van der Waals surface area contributed by atoms with Gasteiger partial charge in [0, 0.05) is 30.4 Å². The topological polar surface area (TPSA) is 97.6 Å². The van der Waals surface area contributed by atoms with Crippen molar-refractivity contribution in [2.75, 3.05) is 12.3 Å². The normalized spacial score (nSPS) is 17.6. The number of nitrogens with two attached hydrogens (primary N) is 1. The molecule has 1 aromatic carbocycles. The van der Waals surface area contributed by atoms with E-state index in [0.29, 0.717) is 25.2 Å². The van der Waals surface area contributed by atoms with Crippen molar-refractivity contribution in [1.29, 1.82) is 0 Å². The number of rotatable bonds is 3. The van der Waals surface area contributed by atoms with Crippen LogP contribution in [0.2, 0.25) is 0 Å². The van der Waals surface area contributed by atoms with Gasteiger partial charge in [-0.2, -0.15) is 0 Å². The summed E-state index contributed by atoms with van der Waals surface area (Å²) in [5.74, 6) is -0.100. The maximum Gasteiger partial charge on any atom is 0.408 e. The average Bonchev–Trinajstić information content (AvgIpc) is 2.86. The van der Waals surface area contributed by atoms with Gasteiger partial charge >= 0.3 is 6.09 Å². The van der Waals surface area contributed by atoms with E-state index in [-0.39, 0.29) is 5.91 Å². The molecular weight excluding hydrogens is 332 g/mol. The Hall–Kier alpha value is -2.83. The van der Waals surface area contributed by atoms with Gasteiger partial charge in [-0.3, -0.25) is 9.78 Å². The quantitative estimate of drug-likeness (QED) is 0.880. The summed E-state index contributed by atoms with van der Waals surface area (Å²) in [6, 6.07) is 7.03. The van der Waals surface area contributed by atoms with Crippen LogP contribution in [0.15, 0.2) is 30.5 Å².